The molecule has 1 aromatic heterocycles. The van der Waals surface area contributed by atoms with Crippen LogP contribution >= 0.6 is 0 Å². The van der Waals surface area contributed by atoms with Crippen LogP contribution in [-0.4, -0.2) is 18.1 Å². The quantitative estimate of drug-likeness (QED) is 0.789. The van der Waals surface area contributed by atoms with Crippen LogP contribution in [0.3, 0.4) is 0 Å². The molecule has 0 atom stereocenters. The molecule has 21 heavy (non-hydrogen) atoms. The van der Waals surface area contributed by atoms with Crippen LogP contribution in [0.15, 0.2) is 28.8 Å². The lowest BCUT2D eigenvalue weighted by Gasteiger charge is -2.05. The van der Waals surface area contributed by atoms with Gasteiger partial charge in [-0.2, -0.15) is 0 Å². The summed E-state index contributed by atoms with van der Waals surface area (Å²) < 4.78 is 32.3. The number of nitrogens with one attached hydrogen (secondary N) is 1. The summed E-state index contributed by atoms with van der Waals surface area (Å²) in [5.74, 6) is 0.409. The lowest BCUT2D eigenvalue weighted by Crippen LogP contribution is -2.21. The third-order valence-corrected chi connectivity index (χ3v) is 3.04. The third kappa shape index (κ3) is 4.63. The Labute approximate surface area is 123 Å². The van der Waals surface area contributed by atoms with E-state index in [1.54, 1.807) is 0 Å². The maximum atomic E-state index is 13.6. The van der Waals surface area contributed by atoms with Gasteiger partial charge in [0.2, 0.25) is 0 Å². The van der Waals surface area contributed by atoms with Crippen LogP contribution in [0, 0.1) is 17.6 Å². The molecule has 2 rings (SSSR count). The molecule has 0 unspecified atom stereocenters. The van der Waals surface area contributed by atoms with Gasteiger partial charge in [0.05, 0.1) is 11.8 Å². The molecule has 0 spiro atoms. The number of hydrogen-bond donors (Lipinski definition) is 1. The Balaban J connectivity index is 1.91. The molecule has 0 saturated carbocycles. The lowest BCUT2D eigenvalue weighted by molar-refractivity contribution is 0.480. The number of hydrogen-bond acceptors (Lipinski definition) is 3. The van der Waals surface area contributed by atoms with E-state index in [2.05, 4.69) is 24.1 Å². The molecule has 0 aliphatic heterocycles. The van der Waals surface area contributed by atoms with Gasteiger partial charge in [-0.3, -0.25) is 0 Å². The van der Waals surface area contributed by atoms with E-state index in [1.807, 2.05) is 0 Å². The maximum absolute atomic E-state index is 13.6. The van der Waals surface area contributed by atoms with Gasteiger partial charge >= 0.3 is 0 Å². The Hall–Kier alpha value is -1.75. The van der Waals surface area contributed by atoms with E-state index in [9.17, 15) is 8.78 Å². The Morgan fingerprint density at radius 1 is 1.29 bits per heavy atom. The predicted molar refractivity (Wildman–Crippen MR) is 77.9 cm³/mol. The van der Waals surface area contributed by atoms with Gasteiger partial charge in [0.1, 0.15) is 11.6 Å². The summed E-state index contributed by atoms with van der Waals surface area (Å²) in [6, 6.07) is 3.28. The molecule has 0 amide bonds. The van der Waals surface area contributed by atoms with Gasteiger partial charge in [0.15, 0.2) is 11.7 Å². The topological polar surface area (TPSA) is 38.1 Å². The number of rotatable bonds is 7. The minimum Gasteiger partial charge on any atom is -0.441 e. The molecule has 0 radical (unpaired) electrons. The molecule has 0 aliphatic rings. The highest BCUT2D eigenvalue weighted by molar-refractivity contribution is 5.57. The molecule has 114 valence electrons. The fourth-order valence-corrected chi connectivity index (χ4v) is 1.99. The molecule has 0 aliphatic carbocycles. The van der Waals surface area contributed by atoms with E-state index in [-0.39, 0.29) is 11.3 Å². The van der Waals surface area contributed by atoms with E-state index in [0.717, 1.165) is 37.7 Å². The van der Waals surface area contributed by atoms with Gasteiger partial charge in [-0.05, 0) is 43.6 Å². The number of nitrogens with zero attached hydrogens (tertiary/aromatic N) is 1. The number of halogens is 2. The van der Waals surface area contributed by atoms with Crippen molar-refractivity contribution < 1.29 is 13.2 Å². The lowest BCUT2D eigenvalue weighted by atomic mass is 10.2. The number of aromatic nitrogens is 1. The predicted octanol–water partition coefficient (Wildman–Crippen LogP) is 3.80. The monoisotopic (exact) mass is 294 g/mol. The number of benzene rings is 1. The van der Waals surface area contributed by atoms with Gasteiger partial charge in [0, 0.05) is 6.42 Å². The van der Waals surface area contributed by atoms with Crippen LogP contribution in [0.2, 0.25) is 0 Å². The minimum absolute atomic E-state index is 0.103. The van der Waals surface area contributed by atoms with E-state index < -0.39 is 11.6 Å². The smallest absolute Gasteiger partial charge is 0.194 e. The first kappa shape index (κ1) is 15.6. The second-order valence-electron chi connectivity index (χ2n) is 5.44. The zero-order chi connectivity index (χ0) is 15.2. The summed E-state index contributed by atoms with van der Waals surface area (Å²) in [6.45, 7) is 6.16. The van der Waals surface area contributed by atoms with Crippen molar-refractivity contribution in [2.75, 3.05) is 13.1 Å². The van der Waals surface area contributed by atoms with Gasteiger partial charge in [-0.1, -0.05) is 13.8 Å². The SMILES string of the molecule is CC(C)CNCCCc1ncc(-c2cc(F)ccc2F)o1. The first-order chi connectivity index (χ1) is 10.1. The molecule has 1 heterocycles. The summed E-state index contributed by atoms with van der Waals surface area (Å²) in [6.07, 6.45) is 3.00. The van der Waals surface area contributed by atoms with Crippen LogP contribution in [0.1, 0.15) is 26.2 Å². The third-order valence-electron chi connectivity index (χ3n) is 3.04. The fraction of sp³-hybridized carbons (Fsp3) is 0.438. The first-order valence-corrected chi connectivity index (χ1v) is 7.17. The van der Waals surface area contributed by atoms with E-state index in [0.29, 0.717) is 18.2 Å². The molecule has 3 nitrogen and oxygen atoms in total. The van der Waals surface area contributed by atoms with Crippen molar-refractivity contribution in [1.29, 1.82) is 0 Å². The van der Waals surface area contributed by atoms with Crippen LogP contribution in [0.25, 0.3) is 11.3 Å². The molecule has 5 heteroatoms. The molecular weight excluding hydrogens is 274 g/mol. The minimum atomic E-state index is -0.516. The van der Waals surface area contributed by atoms with E-state index >= 15 is 0 Å². The van der Waals surface area contributed by atoms with Crippen molar-refractivity contribution in [3.05, 3.63) is 41.9 Å². The fourth-order valence-electron chi connectivity index (χ4n) is 1.99. The molecule has 2 aromatic rings. The summed E-state index contributed by atoms with van der Waals surface area (Å²) >= 11 is 0. The summed E-state index contributed by atoms with van der Waals surface area (Å²) in [4.78, 5) is 4.11. The number of oxazole rings is 1. The molecule has 1 N–H and O–H groups in total. The Morgan fingerprint density at radius 3 is 2.86 bits per heavy atom. The molecule has 1 aromatic carbocycles. The second kappa shape index (κ2) is 7.31. The van der Waals surface area contributed by atoms with Gasteiger partial charge in [-0.15, -0.1) is 0 Å². The summed E-state index contributed by atoms with van der Waals surface area (Å²) in [7, 11) is 0. The standard InChI is InChI=1S/C16H20F2N2O/c1-11(2)9-19-7-3-4-16-20-10-15(21-16)13-8-12(17)5-6-14(13)18/h5-6,8,10-11,19H,3-4,7,9H2,1-2H3. The highest BCUT2D eigenvalue weighted by Crippen LogP contribution is 2.24. The van der Waals surface area contributed by atoms with Crippen molar-refractivity contribution in [3.8, 4) is 11.3 Å². The Kier molecular flexibility index (Phi) is 5.44. The largest absolute Gasteiger partial charge is 0.441 e. The summed E-state index contributed by atoms with van der Waals surface area (Å²) in [5, 5.41) is 3.33. The van der Waals surface area contributed by atoms with Crippen molar-refractivity contribution in [2.24, 2.45) is 5.92 Å². The van der Waals surface area contributed by atoms with Crippen LogP contribution in [-0.2, 0) is 6.42 Å². The van der Waals surface area contributed by atoms with E-state index in [1.165, 1.54) is 6.20 Å². The highest BCUT2D eigenvalue weighted by Gasteiger charge is 2.12. The Bertz CT molecular complexity index is 581. The second-order valence-corrected chi connectivity index (χ2v) is 5.44. The van der Waals surface area contributed by atoms with Gasteiger partial charge in [0.25, 0.3) is 0 Å². The highest BCUT2D eigenvalue weighted by atomic mass is 19.1. The van der Waals surface area contributed by atoms with Crippen molar-refractivity contribution in [3.63, 3.8) is 0 Å². The van der Waals surface area contributed by atoms with Gasteiger partial charge in [-0.25, -0.2) is 13.8 Å². The van der Waals surface area contributed by atoms with Crippen molar-refractivity contribution >= 4 is 0 Å². The van der Waals surface area contributed by atoms with Crippen LogP contribution < -0.4 is 5.32 Å². The average Bonchev–Trinajstić information content (AvgIpc) is 2.89. The maximum Gasteiger partial charge on any atom is 0.194 e. The normalized spacial score (nSPS) is 11.3. The van der Waals surface area contributed by atoms with E-state index in [4.69, 9.17) is 4.42 Å². The van der Waals surface area contributed by atoms with Crippen molar-refractivity contribution in [2.45, 2.75) is 26.7 Å². The molecule has 0 fully saturated rings. The average molecular weight is 294 g/mol. The van der Waals surface area contributed by atoms with Crippen LogP contribution in [0.5, 0.6) is 0 Å². The molecule has 0 bridgehead atoms. The Morgan fingerprint density at radius 2 is 2.10 bits per heavy atom. The summed E-state index contributed by atoms with van der Waals surface area (Å²) in [5.41, 5.74) is 0.103. The molecular formula is C16H20F2N2O. The zero-order valence-electron chi connectivity index (χ0n) is 12.3. The zero-order valence-corrected chi connectivity index (χ0v) is 12.3. The number of aryl methyl sites for hydroxylation is 1. The van der Waals surface area contributed by atoms with Gasteiger partial charge < -0.3 is 9.73 Å². The van der Waals surface area contributed by atoms with Crippen LogP contribution in [0.4, 0.5) is 8.78 Å². The first-order valence-electron chi connectivity index (χ1n) is 7.17. The van der Waals surface area contributed by atoms with Crippen molar-refractivity contribution in [1.82, 2.24) is 10.3 Å². The molecule has 0 saturated heterocycles.